The predicted octanol–water partition coefficient (Wildman–Crippen LogP) is 2.23. The zero-order valence-corrected chi connectivity index (χ0v) is 13.3. The van der Waals surface area contributed by atoms with Gasteiger partial charge in [-0.3, -0.25) is 14.8 Å². The van der Waals surface area contributed by atoms with Crippen LogP contribution in [-0.4, -0.2) is 45.5 Å². The van der Waals surface area contributed by atoms with Crippen molar-refractivity contribution >= 4 is 18.2 Å². The van der Waals surface area contributed by atoms with Gasteiger partial charge in [0.1, 0.15) is 5.54 Å². The van der Waals surface area contributed by atoms with Crippen molar-refractivity contribution in [3.8, 4) is 0 Å². The number of aromatic nitrogens is 1. The number of pyridine rings is 1. The predicted molar refractivity (Wildman–Crippen MR) is 84.3 cm³/mol. The number of allylic oxidation sites excluding steroid dienone is 2. The van der Waals surface area contributed by atoms with Gasteiger partial charge in [0.2, 0.25) is 0 Å². The Balaban J connectivity index is 2.36. The normalized spacial score (nSPS) is 18.6. The first kappa shape index (κ1) is 15.9. The molecule has 0 aliphatic carbocycles. The standard InChI is InChI=1S/C16H20N4O2/c1-5-13(10-17-4)20-14(21)16(2,3)19(15(20)22)11-12-6-8-18-9-7-12/h5-10H,11H2,1-4H3. The number of urea groups is 1. The van der Waals surface area contributed by atoms with Gasteiger partial charge in [-0.05, 0) is 38.5 Å². The molecular formula is C16H20N4O2. The molecule has 116 valence electrons. The van der Waals surface area contributed by atoms with Gasteiger partial charge < -0.3 is 4.90 Å². The Morgan fingerprint density at radius 2 is 1.95 bits per heavy atom. The van der Waals surface area contributed by atoms with Crippen molar-refractivity contribution in [3.05, 3.63) is 41.9 Å². The van der Waals surface area contributed by atoms with Gasteiger partial charge in [0.25, 0.3) is 5.91 Å². The van der Waals surface area contributed by atoms with Gasteiger partial charge in [-0.1, -0.05) is 6.08 Å². The number of hydrogen-bond acceptors (Lipinski definition) is 4. The maximum Gasteiger partial charge on any atom is 0.332 e. The number of aliphatic imine (C=N–C) groups is 1. The van der Waals surface area contributed by atoms with Crippen LogP contribution in [0.25, 0.3) is 0 Å². The Morgan fingerprint density at radius 1 is 1.32 bits per heavy atom. The van der Waals surface area contributed by atoms with Crippen LogP contribution >= 0.6 is 0 Å². The van der Waals surface area contributed by atoms with Crippen LogP contribution in [0.3, 0.4) is 0 Å². The highest BCUT2D eigenvalue weighted by Crippen LogP contribution is 2.31. The van der Waals surface area contributed by atoms with E-state index in [1.807, 2.05) is 12.1 Å². The Morgan fingerprint density at radius 3 is 2.50 bits per heavy atom. The Kier molecular flexibility index (Phi) is 4.40. The first-order valence-corrected chi connectivity index (χ1v) is 7.07. The molecule has 0 unspecified atom stereocenters. The molecular weight excluding hydrogens is 280 g/mol. The molecule has 0 bridgehead atoms. The second-order valence-electron chi connectivity index (χ2n) is 5.52. The van der Waals surface area contributed by atoms with Crippen LogP contribution in [0.15, 0.2) is 41.3 Å². The summed E-state index contributed by atoms with van der Waals surface area (Å²) in [5.41, 5.74) is 0.510. The van der Waals surface area contributed by atoms with E-state index in [-0.39, 0.29) is 11.9 Å². The van der Waals surface area contributed by atoms with E-state index in [0.29, 0.717) is 12.2 Å². The van der Waals surface area contributed by atoms with E-state index in [1.54, 1.807) is 51.2 Å². The molecule has 6 heteroatoms. The van der Waals surface area contributed by atoms with Crippen molar-refractivity contribution in [3.63, 3.8) is 0 Å². The Hall–Kier alpha value is -2.50. The number of nitrogens with zero attached hydrogens (tertiary/aromatic N) is 4. The molecule has 0 N–H and O–H groups in total. The van der Waals surface area contributed by atoms with Crippen LogP contribution < -0.4 is 0 Å². The number of hydrogen-bond donors (Lipinski definition) is 0. The van der Waals surface area contributed by atoms with E-state index in [0.717, 1.165) is 5.56 Å². The minimum atomic E-state index is -0.907. The van der Waals surface area contributed by atoms with E-state index in [9.17, 15) is 9.59 Å². The first-order valence-electron chi connectivity index (χ1n) is 7.07. The summed E-state index contributed by atoms with van der Waals surface area (Å²) in [5.74, 6) is -0.250. The monoisotopic (exact) mass is 300 g/mol. The van der Waals surface area contributed by atoms with Crippen molar-refractivity contribution in [2.24, 2.45) is 4.99 Å². The summed E-state index contributed by atoms with van der Waals surface area (Å²) in [7, 11) is 1.61. The molecule has 1 aliphatic heterocycles. The van der Waals surface area contributed by atoms with Gasteiger partial charge in [-0.25, -0.2) is 9.69 Å². The lowest BCUT2D eigenvalue weighted by molar-refractivity contribution is -0.130. The first-order chi connectivity index (χ1) is 10.4. The van der Waals surface area contributed by atoms with E-state index in [4.69, 9.17) is 0 Å². The Bertz CT molecular complexity index is 635. The molecule has 2 heterocycles. The van der Waals surface area contributed by atoms with Gasteiger partial charge in [-0.2, -0.15) is 0 Å². The topological polar surface area (TPSA) is 65.9 Å². The van der Waals surface area contributed by atoms with Crippen molar-refractivity contribution < 1.29 is 9.59 Å². The summed E-state index contributed by atoms with van der Waals surface area (Å²) < 4.78 is 0. The summed E-state index contributed by atoms with van der Waals surface area (Å²) >= 11 is 0. The van der Waals surface area contributed by atoms with Crippen LogP contribution in [0.4, 0.5) is 4.79 Å². The number of rotatable bonds is 4. The summed E-state index contributed by atoms with van der Waals surface area (Å²) in [4.78, 5) is 36.0. The highest BCUT2D eigenvalue weighted by atomic mass is 16.2. The number of carbonyl (C=O) groups excluding carboxylic acids is 2. The molecule has 22 heavy (non-hydrogen) atoms. The lowest BCUT2D eigenvalue weighted by Gasteiger charge is -2.27. The average molecular weight is 300 g/mol. The highest BCUT2D eigenvalue weighted by molar-refractivity contribution is 6.11. The summed E-state index contributed by atoms with van der Waals surface area (Å²) in [6.45, 7) is 5.64. The fourth-order valence-electron chi connectivity index (χ4n) is 2.39. The van der Waals surface area contributed by atoms with Gasteiger partial charge in [0, 0.05) is 32.2 Å². The quantitative estimate of drug-likeness (QED) is 0.632. The minimum Gasteiger partial charge on any atom is -0.305 e. The highest BCUT2D eigenvalue weighted by Gasteiger charge is 2.51. The molecule has 1 aromatic heterocycles. The third-order valence-electron chi connectivity index (χ3n) is 3.73. The van der Waals surface area contributed by atoms with Gasteiger partial charge in [0.15, 0.2) is 0 Å². The molecule has 1 saturated heterocycles. The second kappa shape index (κ2) is 6.09. The minimum absolute atomic E-state index is 0.250. The Labute approximate surface area is 130 Å². The zero-order valence-electron chi connectivity index (χ0n) is 13.3. The van der Waals surface area contributed by atoms with Crippen molar-refractivity contribution in [1.82, 2.24) is 14.8 Å². The van der Waals surface area contributed by atoms with Gasteiger partial charge in [-0.15, -0.1) is 0 Å². The molecule has 0 aromatic carbocycles. The maximum absolute atomic E-state index is 12.7. The van der Waals surface area contributed by atoms with E-state index < -0.39 is 5.54 Å². The second-order valence-corrected chi connectivity index (χ2v) is 5.52. The maximum atomic E-state index is 12.7. The SMILES string of the molecule is CC=C(C=NC)N1C(=O)N(Cc2ccncc2)C(C)(C)C1=O. The molecule has 1 aliphatic rings. The van der Waals surface area contributed by atoms with Crippen LogP contribution in [0.5, 0.6) is 0 Å². The van der Waals surface area contributed by atoms with Crippen LogP contribution in [0, 0.1) is 0 Å². The number of amides is 3. The van der Waals surface area contributed by atoms with Crippen LogP contribution in [-0.2, 0) is 11.3 Å². The molecule has 6 nitrogen and oxygen atoms in total. The molecule has 0 radical (unpaired) electrons. The van der Waals surface area contributed by atoms with Crippen LogP contribution in [0.1, 0.15) is 26.3 Å². The molecule has 2 rings (SSSR count). The van der Waals surface area contributed by atoms with Crippen molar-refractivity contribution in [2.75, 3.05) is 7.05 Å². The molecule has 0 saturated carbocycles. The summed E-state index contributed by atoms with van der Waals surface area (Å²) in [6.07, 6.45) is 6.56. The van der Waals surface area contributed by atoms with Crippen molar-refractivity contribution in [2.45, 2.75) is 32.9 Å². The third-order valence-corrected chi connectivity index (χ3v) is 3.73. The third kappa shape index (κ3) is 2.64. The number of imide groups is 1. The lowest BCUT2D eigenvalue weighted by atomic mass is 10.0. The van der Waals surface area contributed by atoms with Crippen LogP contribution in [0.2, 0.25) is 0 Å². The zero-order chi connectivity index (χ0) is 16.3. The van der Waals surface area contributed by atoms with Crippen molar-refractivity contribution in [1.29, 1.82) is 0 Å². The van der Waals surface area contributed by atoms with Gasteiger partial charge in [0.05, 0.1) is 5.70 Å². The fourth-order valence-corrected chi connectivity index (χ4v) is 2.39. The lowest BCUT2D eigenvalue weighted by Crippen LogP contribution is -2.43. The molecule has 3 amide bonds. The van der Waals surface area contributed by atoms with E-state index >= 15 is 0 Å². The molecule has 0 spiro atoms. The van der Waals surface area contributed by atoms with E-state index in [2.05, 4.69) is 9.98 Å². The van der Waals surface area contributed by atoms with Gasteiger partial charge >= 0.3 is 6.03 Å². The number of carbonyl (C=O) groups is 2. The molecule has 1 fully saturated rings. The van der Waals surface area contributed by atoms with E-state index in [1.165, 1.54) is 11.1 Å². The smallest absolute Gasteiger partial charge is 0.305 e. The summed E-state index contributed by atoms with van der Waals surface area (Å²) in [6, 6.07) is 3.33. The average Bonchev–Trinajstić information content (AvgIpc) is 2.67. The largest absolute Gasteiger partial charge is 0.332 e. The summed E-state index contributed by atoms with van der Waals surface area (Å²) in [5, 5.41) is 0. The molecule has 1 aromatic rings. The fraction of sp³-hybridized carbons (Fsp3) is 0.375. The molecule has 0 atom stereocenters.